The number of aliphatic carboxylic acids is 1. The van der Waals surface area contributed by atoms with Crippen LogP contribution in [-0.4, -0.2) is 71.0 Å². The third-order valence-electron chi connectivity index (χ3n) is 6.78. The number of hydrogen-bond acceptors (Lipinski definition) is 7. The number of rotatable bonds is 26. The van der Waals surface area contributed by atoms with Gasteiger partial charge in [-0.15, -0.1) is 0 Å². The Morgan fingerprint density at radius 3 is 1.82 bits per heavy atom. The number of esters is 1. The van der Waals surface area contributed by atoms with Crippen molar-refractivity contribution in [2.75, 3.05) is 26.4 Å². The topological polar surface area (TPSA) is 162 Å². The number of carbonyl (C=O) groups excluding carboxylic acids is 3. The van der Waals surface area contributed by atoms with Gasteiger partial charge in [0.1, 0.15) is 5.54 Å². The van der Waals surface area contributed by atoms with Crippen LogP contribution in [0.25, 0.3) is 0 Å². The summed E-state index contributed by atoms with van der Waals surface area (Å²) < 4.78 is 4.70. The molecule has 0 bridgehead atoms. The molecule has 0 aromatic carbocycles. The summed E-state index contributed by atoms with van der Waals surface area (Å²) in [5, 5.41) is 34.5. The van der Waals surface area contributed by atoms with Crippen molar-refractivity contribution in [3.63, 3.8) is 0 Å². The van der Waals surface area contributed by atoms with Crippen LogP contribution in [-0.2, 0) is 23.9 Å². The number of unbranched alkanes of at least 4 members (excludes halogenated alkanes) is 2. The number of aliphatic hydroxyl groups excluding tert-OH is 2. The van der Waals surface area contributed by atoms with Crippen molar-refractivity contribution in [2.45, 2.75) is 90.0 Å². The van der Waals surface area contributed by atoms with E-state index in [-0.39, 0.29) is 25.4 Å². The van der Waals surface area contributed by atoms with Gasteiger partial charge in [0.05, 0.1) is 19.8 Å². The summed E-state index contributed by atoms with van der Waals surface area (Å²) in [7, 11) is 0. The molecule has 1 atom stereocenters. The number of amides is 2. The highest BCUT2D eigenvalue weighted by molar-refractivity contribution is 5.97. The second kappa shape index (κ2) is 27.8. The molecule has 0 aliphatic rings. The van der Waals surface area contributed by atoms with Crippen LogP contribution < -0.4 is 10.6 Å². The summed E-state index contributed by atoms with van der Waals surface area (Å²) in [4.78, 5) is 48.2. The molecule has 0 aromatic rings. The van der Waals surface area contributed by atoms with Gasteiger partial charge >= 0.3 is 11.9 Å². The first-order valence-electron chi connectivity index (χ1n) is 15.9. The third kappa shape index (κ3) is 20.8. The van der Waals surface area contributed by atoms with E-state index in [2.05, 4.69) is 78.3 Å². The molecule has 10 heteroatoms. The zero-order valence-corrected chi connectivity index (χ0v) is 27.0. The molecule has 0 rings (SSSR count). The number of carbonyl (C=O) groups is 4. The number of hydrogen-bond donors (Lipinski definition) is 5. The fourth-order valence-electron chi connectivity index (χ4n) is 4.26. The van der Waals surface area contributed by atoms with Crippen LogP contribution in [0.4, 0.5) is 0 Å². The predicted octanol–water partition coefficient (Wildman–Crippen LogP) is 4.85. The van der Waals surface area contributed by atoms with Crippen molar-refractivity contribution in [1.29, 1.82) is 0 Å². The molecule has 0 saturated heterocycles. The van der Waals surface area contributed by atoms with E-state index in [9.17, 15) is 34.5 Å². The first-order chi connectivity index (χ1) is 21.8. The summed E-state index contributed by atoms with van der Waals surface area (Å²) in [6, 6.07) is 0. The zero-order chi connectivity index (χ0) is 33.6. The standard InChI is InChI=1S/C35H54N2O8/c1-3-5-6-7-8-9-10-11-12-13-14-15-16-17-18-19-20-23-31(40)36-27-22-21-26-35(34(43)44,30(28-38)29-39)37-32(41)24-25-33(42)45-4-2/h5-6,8-9,11-12,14-15,17-18,24-25,30,38-39H,3-4,7,10,13,16,19-23,26-29H2,1-2H3,(H,36,40)(H,37,41)(H,43,44)/t35-/m0/s1. The van der Waals surface area contributed by atoms with Gasteiger partial charge in [0, 0.05) is 31.0 Å². The van der Waals surface area contributed by atoms with Crippen LogP contribution in [0, 0.1) is 5.92 Å². The fraction of sp³-hybridized carbons (Fsp3) is 0.543. The normalized spacial score (nSPS) is 13.6. The number of carboxylic acids is 1. The second-order valence-electron chi connectivity index (χ2n) is 10.3. The Kier molecular flexibility index (Phi) is 25.4. The monoisotopic (exact) mass is 630 g/mol. The number of allylic oxidation sites excluding steroid dienone is 10. The maximum atomic E-state index is 12.4. The van der Waals surface area contributed by atoms with Gasteiger partial charge in [0.25, 0.3) is 0 Å². The molecule has 0 saturated carbocycles. The Labute approximate surface area is 268 Å². The van der Waals surface area contributed by atoms with Gasteiger partial charge in [-0.2, -0.15) is 0 Å². The van der Waals surface area contributed by atoms with E-state index in [1.807, 2.05) is 0 Å². The molecular formula is C35H54N2O8. The van der Waals surface area contributed by atoms with E-state index in [1.54, 1.807) is 6.92 Å². The molecule has 0 unspecified atom stereocenters. The molecule has 0 aliphatic heterocycles. The molecule has 0 aliphatic carbocycles. The smallest absolute Gasteiger partial charge is 0.330 e. The zero-order valence-electron chi connectivity index (χ0n) is 27.0. The van der Waals surface area contributed by atoms with Gasteiger partial charge in [-0.3, -0.25) is 9.59 Å². The van der Waals surface area contributed by atoms with Gasteiger partial charge < -0.3 is 30.7 Å². The molecule has 10 nitrogen and oxygen atoms in total. The van der Waals surface area contributed by atoms with Gasteiger partial charge in [0.2, 0.25) is 11.8 Å². The van der Waals surface area contributed by atoms with Gasteiger partial charge in [-0.05, 0) is 71.1 Å². The molecule has 0 spiro atoms. The van der Waals surface area contributed by atoms with Crippen molar-refractivity contribution >= 4 is 23.8 Å². The van der Waals surface area contributed by atoms with Crippen LogP contribution in [0.15, 0.2) is 72.9 Å². The van der Waals surface area contributed by atoms with E-state index in [0.717, 1.165) is 50.7 Å². The lowest BCUT2D eigenvalue weighted by Crippen LogP contribution is -2.61. The second-order valence-corrected chi connectivity index (χ2v) is 10.3. The number of ether oxygens (including phenoxy) is 1. The quantitative estimate of drug-likeness (QED) is 0.0392. The van der Waals surface area contributed by atoms with Crippen LogP contribution in [0.2, 0.25) is 0 Å². The summed E-state index contributed by atoms with van der Waals surface area (Å²) in [6.07, 6.45) is 30.3. The van der Waals surface area contributed by atoms with Crippen LogP contribution >= 0.6 is 0 Å². The summed E-state index contributed by atoms with van der Waals surface area (Å²) in [5.41, 5.74) is -1.97. The van der Waals surface area contributed by atoms with Crippen molar-refractivity contribution in [2.24, 2.45) is 5.92 Å². The first kappa shape index (κ1) is 41.2. The average molecular weight is 631 g/mol. The summed E-state index contributed by atoms with van der Waals surface area (Å²) >= 11 is 0. The van der Waals surface area contributed by atoms with E-state index in [0.29, 0.717) is 25.8 Å². The van der Waals surface area contributed by atoms with Gasteiger partial charge in [-0.1, -0.05) is 67.7 Å². The van der Waals surface area contributed by atoms with Crippen molar-refractivity contribution < 1.29 is 39.2 Å². The molecule has 5 N–H and O–H groups in total. The summed E-state index contributed by atoms with van der Waals surface area (Å²) in [6.45, 7) is 2.79. The van der Waals surface area contributed by atoms with Crippen LogP contribution in [0.3, 0.4) is 0 Å². The number of aliphatic hydroxyl groups is 2. The van der Waals surface area contributed by atoms with Crippen molar-refractivity contribution in [3.8, 4) is 0 Å². The Bertz CT molecular complexity index is 1020. The third-order valence-corrected chi connectivity index (χ3v) is 6.78. The van der Waals surface area contributed by atoms with Gasteiger partial charge in [-0.25, -0.2) is 9.59 Å². The highest BCUT2D eigenvalue weighted by Gasteiger charge is 2.46. The molecule has 0 aromatic heterocycles. The average Bonchev–Trinajstić information content (AvgIpc) is 3.01. The minimum absolute atomic E-state index is 0.104. The Morgan fingerprint density at radius 1 is 0.756 bits per heavy atom. The molecule has 252 valence electrons. The minimum atomic E-state index is -1.97. The van der Waals surface area contributed by atoms with Crippen LogP contribution in [0.5, 0.6) is 0 Å². The largest absolute Gasteiger partial charge is 0.479 e. The fourth-order valence-corrected chi connectivity index (χ4v) is 4.26. The van der Waals surface area contributed by atoms with Gasteiger partial charge in [0.15, 0.2) is 0 Å². The SMILES string of the molecule is CCC=CCC=CCC=CCC=CCC=CCCCC(=O)NCCCC[C@@](NC(=O)C=CC(=O)OCC)(C(=O)O)C(CO)CO. The number of nitrogens with one attached hydrogen (secondary N) is 2. The Morgan fingerprint density at radius 2 is 1.31 bits per heavy atom. The molecule has 0 heterocycles. The van der Waals surface area contributed by atoms with Crippen molar-refractivity contribution in [1.82, 2.24) is 10.6 Å². The lowest BCUT2D eigenvalue weighted by atomic mass is 9.80. The van der Waals surface area contributed by atoms with E-state index in [4.69, 9.17) is 4.74 Å². The van der Waals surface area contributed by atoms with Crippen LogP contribution in [0.1, 0.15) is 84.5 Å². The molecule has 0 radical (unpaired) electrons. The van der Waals surface area contributed by atoms with Crippen molar-refractivity contribution in [3.05, 3.63) is 72.9 Å². The van der Waals surface area contributed by atoms with E-state index in [1.165, 1.54) is 0 Å². The first-order valence-corrected chi connectivity index (χ1v) is 15.9. The lowest BCUT2D eigenvalue weighted by Gasteiger charge is -2.36. The molecule has 45 heavy (non-hydrogen) atoms. The Hall–Kier alpha value is -3.76. The highest BCUT2D eigenvalue weighted by atomic mass is 16.5. The summed E-state index contributed by atoms with van der Waals surface area (Å²) in [5.74, 6) is -4.35. The Balaban J connectivity index is 4.39. The highest BCUT2D eigenvalue weighted by Crippen LogP contribution is 2.25. The maximum Gasteiger partial charge on any atom is 0.330 e. The van der Waals surface area contributed by atoms with E-state index < -0.39 is 42.5 Å². The maximum absolute atomic E-state index is 12.4. The van der Waals surface area contributed by atoms with E-state index >= 15 is 0 Å². The predicted molar refractivity (Wildman–Crippen MR) is 177 cm³/mol. The minimum Gasteiger partial charge on any atom is -0.479 e. The molecule has 0 fully saturated rings. The lowest BCUT2D eigenvalue weighted by molar-refractivity contribution is -0.152. The molecule has 2 amide bonds. The molecular weight excluding hydrogens is 576 g/mol. The number of carboxylic acid groups (broad SMARTS) is 1.